The van der Waals surface area contributed by atoms with Crippen LogP contribution in [0.15, 0.2) is 48.8 Å². The number of aromatic nitrogens is 4. The number of carbonyl (C=O) groups is 1. The summed E-state index contributed by atoms with van der Waals surface area (Å²) in [4.78, 5) is 16.8. The molecule has 0 aliphatic carbocycles. The van der Waals surface area contributed by atoms with Crippen LogP contribution in [0.2, 0.25) is 5.02 Å². The van der Waals surface area contributed by atoms with Crippen LogP contribution in [0.5, 0.6) is 0 Å². The van der Waals surface area contributed by atoms with E-state index in [2.05, 4.69) is 20.6 Å². The van der Waals surface area contributed by atoms with Crippen molar-refractivity contribution in [3.63, 3.8) is 0 Å². The Balaban J connectivity index is 1.71. The predicted octanol–water partition coefficient (Wildman–Crippen LogP) is 2.89. The van der Waals surface area contributed by atoms with E-state index in [1.807, 2.05) is 30.3 Å². The molecule has 0 bridgehead atoms. The van der Waals surface area contributed by atoms with Gasteiger partial charge in [-0.3, -0.25) is 9.78 Å². The third kappa shape index (κ3) is 3.70. The highest BCUT2D eigenvalue weighted by Crippen LogP contribution is 2.28. The van der Waals surface area contributed by atoms with Gasteiger partial charge in [0.25, 0.3) is 5.91 Å². The van der Waals surface area contributed by atoms with Crippen molar-refractivity contribution in [3.05, 3.63) is 59.5 Å². The summed E-state index contributed by atoms with van der Waals surface area (Å²) in [5.41, 5.74) is 2.23. The number of halogens is 1. The van der Waals surface area contributed by atoms with Crippen LogP contribution in [-0.4, -0.2) is 45.1 Å². The topological polar surface area (TPSA) is 81.9 Å². The zero-order chi connectivity index (χ0) is 18.6. The Morgan fingerprint density at radius 1 is 1.26 bits per heavy atom. The summed E-state index contributed by atoms with van der Waals surface area (Å²) in [6.07, 6.45) is 5.34. The Morgan fingerprint density at radius 3 is 2.81 bits per heavy atom. The second-order valence-corrected chi connectivity index (χ2v) is 6.64. The molecule has 0 radical (unpaired) electrons. The lowest BCUT2D eigenvalue weighted by Gasteiger charge is -2.12. The van der Waals surface area contributed by atoms with Gasteiger partial charge in [-0.05, 0) is 37.1 Å². The van der Waals surface area contributed by atoms with Crippen molar-refractivity contribution in [1.29, 1.82) is 0 Å². The molecule has 4 rings (SSSR count). The third-order valence-corrected chi connectivity index (χ3v) is 4.75. The molecule has 138 valence electrons. The van der Waals surface area contributed by atoms with Gasteiger partial charge < -0.3 is 10.1 Å². The molecule has 0 saturated carbocycles. The van der Waals surface area contributed by atoms with E-state index in [0.29, 0.717) is 22.9 Å². The second-order valence-electron chi connectivity index (χ2n) is 6.23. The standard InChI is InChI=1S/C19H18ClN5O2/c20-15-5-1-2-6-16(15)25-18(13-7-9-21-10-8-13)17(23-24-25)19(26)22-12-14-4-3-11-27-14/h1-2,5-10,14H,3-4,11-12H2,(H,22,26)/t14-/m0/s1. The van der Waals surface area contributed by atoms with E-state index < -0.39 is 0 Å². The number of nitrogens with one attached hydrogen (secondary N) is 1. The smallest absolute Gasteiger partial charge is 0.274 e. The van der Waals surface area contributed by atoms with Crippen LogP contribution in [-0.2, 0) is 4.74 Å². The van der Waals surface area contributed by atoms with Crippen LogP contribution in [0.4, 0.5) is 0 Å². The summed E-state index contributed by atoms with van der Waals surface area (Å²) in [6, 6.07) is 10.9. The highest BCUT2D eigenvalue weighted by atomic mass is 35.5. The number of para-hydroxylation sites is 1. The first-order valence-corrected chi connectivity index (χ1v) is 9.12. The van der Waals surface area contributed by atoms with Gasteiger partial charge in [0.2, 0.25) is 0 Å². The maximum atomic E-state index is 12.8. The average molecular weight is 384 g/mol. The lowest BCUT2D eigenvalue weighted by atomic mass is 10.1. The molecule has 1 fully saturated rings. The van der Waals surface area contributed by atoms with Crippen molar-refractivity contribution < 1.29 is 9.53 Å². The SMILES string of the molecule is O=C(NC[C@@H]1CCCO1)c1nnn(-c2ccccc2Cl)c1-c1ccncc1. The average Bonchev–Trinajstić information content (AvgIpc) is 3.37. The summed E-state index contributed by atoms with van der Waals surface area (Å²) in [6.45, 7) is 1.19. The van der Waals surface area contributed by atoms with Crippen molar-refractivity contribution in [1.82, 2.24) is 25.3 Å². The van der Waals surface area contributed by atoms with E-state index in [1.54, 1.807) is 23.1 Å². The molecule has 1 aromatic carbocycles. The van der Waals surface area contributed by atoms with Crippen LogP contribution >= 0.6 is 11.6 Å². The highest BCUT2D eigenvalue weighted by Gasteiger charge is 2.24. The van der Waals surface area contributed by atoms with Crippen LogP contribution in [0, 0.1) is 0 Å². The summed E-state index contributed by atoms with van der Waals surface area (Å²) in [7, 11) is 0. The minimum atomic E-state index is -0.296. The molecule has 2 aromatic heterocycles. The Hall–Kier alpha value is -2.77. The van der Waals surface area contributed by atoms with Gasteiger partial charge in [-0.15, -0.1) is 5.10 Å². The number of hydrogen-bond donors (Lipinski definition) is 1. The van der Waals surface area contributed by atoms with E-state index in [1.165, 1.54) is 0 Å². The normalized spacial score (nSPS) is 16.4. The zero-order valence-electron chi connectivity index (χ0n) is 14.5. The maximum Gasteiger partial charge on any atom is 0.274 e. The van der Waals surface area contributed by atoms with Gasteiger partial charge in [0.1, 0.15) is 5.69 Å². The van der Waals surface area contributed by atoms with Gasteiger partial charge in [-0.25, -0.2) is 4.68 Å². The molecule has 1 aliphatic heterocycles. The zero-order valence-corrected chi connectivity index (χ0v) is 15.3. The molecule has 1 amide bonds. The van der Waals surface area contributed by atoms with Gasteiger partial charge in [0.05, 0.1) is 16.8 Å². The molecule has 3 heterocycles. The third-order valence-electron chi connectivity index (χ3n) is 4.43. The van der Waals surface area contributed by atoms with Crippen LogP contribution in [0.25, 0.3) is 16.9 Å². The summed E-state index contributed by atoms with van der Waals surface area (Å²) >= 11 is 6.34. The number of rotatable bonds is 5. The van der Waals surface area contributed by atoms with Gasteiger partial charge in [-0.2, -0.15) is 0 Å². The number of hydrogen-bond acceptors (Lipinski definition) is 5. The van der Waals surface area contributed by atoms with Gasteiger partial charge >= 0.3 is 0 Å². The van der Waals surface area contributed by atoms with E-state index in [9.17, 15) is 4.79 Å². The van der Waals surface area contributed by atoms with Crippen molar-refractivity contribution >= 4 is 17.5 Å². The number of ether oxygens (including phenoxy) is 1. The molecule has 7 nitrogen and oxygen atoms in total. The summed E-state index contributed by atoms with van der Waals surface area (Å²) in [5, 5.41) is 11.8. The number of amides is 1. The molecule has 8 heteroatoms. The molecule has 0 unspecified atom stereocenters. The lowest BCUT2D eigenvalue weighted by molar-refractivity contribution is 0.0854. The lowest BCUT2D eigenvalue weighted by Crippen LogP contribution is -2.32. The van der Waals surface area contributed by atoms with Crippen LogP contribution < -0.4 is 5.32 Å². The number of carbonyl (C=O) groups excluding carboxylic acids is 1. The highest BCUT2D eigenvalue weighted by molar-refractivity contribution is 6.32. The maximum absolute atomic E-state index is 12.8. The monoisotopic (exact) mass is 383 g/mol. The van der Waals surface area contributed by atoms with Crippen molar-refractivity contribution in [2.45, 2.75) is 18.9 Å². The minimum absolute atomic E-state index is 0.0527. The van der Waals surface area contributed by atoms with Crippen molar-refractivity contribution in [2.75, 3.05) is 13.2 Å². The molecule has 1 atom stereocenters. The Morgan fingerprint density at radius 2 is 2.07 bits per heavy atom. The Kier molecular flexibility index (Phi) is 5.13. The Labute approximate surface area is 161 Å². The van der Waals surface area contributed by atoms with E-state index in [4.69, 9.17) is 16.3 Å². The van der Waals surface area contributed by atoms with E-state index >= 15 is 0 Å². The van der Waals surface area contributed by atoms with E-state index in [0.717, 1.165) is 25.0 Å². The fraction of sp³-hybridized carbons (Fsp3) is 0.263. The molecule has 1 N–H and O–H groups in total. The molecule has 3 aromatic rings. The van der Waals surface area contributed by atoms with E-state index in [-0.39, 0.29) is 17.7 Å². The first kappa shape index (κ1) is 17.6. The quantitative estimate of drug-likeness (QED) is 0.732. The number of benzene rings is 1. The summed E-state index contributed by atoms with van der Waals surface area (Å²) in [5.74, 6) is -0.296. The van der Waals surface area contributed by atoms with Crippen LogP contribution in [0.1, 0.15) is 23.3 Å². The molecular formula is C19H18ClN5O2. The Bertz CT molecular complexity index is 938. The minimum Gasteiger partial charge on any atom is -0.376 e. The van der Waals surface area contributed by atoms with Gasteiger partial charge in [0, 0.05) is 31.1 Å². The number of pyridine rings is 1. The first-order valence-electron chi connectivity index (χ1n) is 8.75. The predicted molar refractivity (Wildman–Crippen MR) is 101 cm³/mol. The fourth-order valence-electron chi connectivity index (χ4n) is 3.09. The first-order chi connectivity index (χ1) is 13.2. The van der Waals surface area contributed by atoms with Gasteiger partial charge in [-0.1, -0.05) is 28.9 Å². The van der Waals surface area contributed by atoms with Gasteiger partial charge in [0.15, 0.2) is 5.69 Å². The second kappa shape index (κ2) is 7.85. The van der Waals surface area contributed by atoms with Crippen molar-refractivity contribution in [3.8, 4) is 16.9 Å². The van der Waals surface area contributed by atoms with Crippen molar-refractivity contribution in [2.24, 2.45) is 0 Å². The summed E-state index contributed by atoms with van der Waals surface area (Å²) < 4.78 is 7.14. The molecule has 1 aliphatic rings. The van der Waals surface area contributed by atoms with Crippen LogP contribution in [0.3, 0.4) is 0 Å². The molecule has 0 spiro atoms. The fourth-order valence-corrected chi connectivity index (χ4v) is 3.31. The molecule has 27 heavy (non-hydrogen) atoms. The number of nitrogens with zero attached hydrogens (tertiary/aromatic N) is 4. The molecule has 1 saturated heterocycles. The molecular weight excluding hydrogens is 366 g/mol. The largest absolute Gasteiger partial charge is 0.376 e.